The Kier molecular flexibility index (Phi) is 3.40. The van der Waals surface area contributed by atoms with Crippen LogP contribution in [0.1, 0.15) is 12.5 Å². The summed E-state index contributed by atoms with van der Waals surface area (Å²) in [6.07, 6.45) is 0.764. The van der Waals surface area contributed by atoms with E-state index >= 15 is 0 Å². The number of amides is 1. The Morgan fingerprint density at radius 1 is 1.24 bits per heavy atom. The number of carbonyl (C=O) groups is 1. The molecule has 2 rings (SSSR count). The van der Waals surface area contributed by atoms with Crippen molar-refractivity contribution < 1.29 is 4.79 Å². The summed E-state index contributed by atoms with van der Waals surface area (Å²) in [5, 5.41) is 5.09. The van der Waals surface area contributed by atoms with Gasteiger partial charge in [0.15, 0.2) is 0 Å². The molecule has 0 radical (unpaired) electrons. The van der Waals surface area contributed by atoms with Gasteiger partial charge in [0.1, 0.15) is 0 Å². The average Bonchev–Trinajstić information content (AvgIpc) is 2.32. The lowest BCUT2D eigenvalue weighted by molar-refractivity contribution is -0.114. The van der Waals surface area contributed by atoms with E-state index in [2.05, 4.69) is 11.4 Å². The molecule has 0 heterocycles. The summed E-state index contributed by atoms with van der Waals surface area (Å²) in [5.74, 6) is -0.0559. The SMILES string of the molecule is CC(=O)Nc1c(CCN)ccc2ccccc12. The zero-order valence-electron chi connectivity index (χ0n) is 9.86. The first kappa shape index (κ1) is 11.6. The lowest BCUT2D eigenvalue weighted by atomic mass is 10.0. The third kappa shape index (κ3) is 2.45. The molecule has 0 aliphatic rings. The van der Waals surface area contributed by atoms with Crippen LogP contribution in [0.4, 0.5) is 5.69 Å². The van der Waals surface area contributed by atoms with Gasteiger partial charge in [-0.3, -0.25) is 4.79 Å². The van der Waals surface area contributed by atoms with E-state index in [1.807, 2.05) is 30.3 Å². The largest absolute Gasteiger partial charge is 0.330 e. The summed E-state index contributed by atoms with van der Waals surface area (Å²) in [7, 11) is 0. The number of benzene rings is 2. The molecule has 1 amide bonds. The van der Waals surface area contributed by atoms with Crippen LogP contribution in [-0.2, 0) is 11.2 Å². The van der Waals surface area contributed by atoms with Crippen molar-refractivity contribution in [3.63, 3.8) is 0 Å². The molecular formula is C14H16N2O. The highest BCUT2D eigenvalue weighted by Crippen LogP contribution is 2.27. The number of hydrogen-bond acceptors (Lipinski definition) is 2. The molecule has 0 aromatic heterocycles. The first-order valence-corrected chi connectivity index (χ1v) is 5.70. The molecule has 88 valence electrons. The van der Waals surface area contributed by atoms with Gasteiger partial charge in [-0.05, 0) is 23.9 Å². The smallest absolute Gasteiger partial charge is 0.221 e. The minimum Gasteiger partial charge on any atom is -0.330 e. The molecule has 0 aliphatic carbocycles. The molecule has 0 bridgehead atoms. The number of anilines is 1. The maximum absolute atomic E-state index is 11.3. The van der Waals surface area contributed by atoms with Gasteiger partial charge in [0.25, 0.3) is 0 Å². The van der Waals surface area contributed by atoms with Crippen LogP contribution in [0.3, 0.4) is 0 Å². The predicted molar refractivity (Wildman–Crippen MR) is 71.0 cm³/mol. The minimum atomic E-state index is -0.0559. The number of nitrogens with one attached hydrogen (secondary N) is 1. The average molecular weight is 228 g/mol. The van der Waals surface area contributed by atoms with Crippen LogP contribution in [0.5, 0.6) is 0 Å². The van der Waals surface area contributed by atoms with Crippen molar-refractivity contribution >= 4 is 22.4 Å². The van der Waals surface area contributed by atoms with Crippen molar-refractivity contribution in [2.24, 2.45) is 5.73 Å². The molecule has 3 N–H and O–H groups in total. The molecule has 0 saturated heterocycles. The Morgan fingerprint density at radius 3 is 2.71 bits per heavy atom. The van der Waals surface area contributed by atoms with E-state index in [1.165, 1.54) is 6.92 Å². The van der Waals surface area contributed by atoms with Gasteiger partial charge in [-0.15, -0.1) is 0 Å². The maximum atomic E-state index is 11.3. The highest BCUT2D eigenvalue weighted by molar-refractivity contribution is 6.02. The van der Waals surface area contributed by atoms with Gasteiger partial charge in [0.2, 0.25) is 5.91 Å². The molecule has 0 aliphatic heterocycles. The monoisotopic (exact) mass is 228 g/mol. The van der Waals surface area contributed by atoms with E-state index < -0.39 is 0 Å². The van der Waals surface area contributed by atoms with Crippen LogP contribution < -0.4 is 11.1 Å². The van der Waals surface area contributed by atoms with Crippen molar-refractivity contribution in [2.45, 2.75) is 13.3 Å². The Labute approximate surface area is 101 Å². The molecule has 0 saturated carbocycles. The summed E-state index contributed by atoms with van der Waals surface area (Å²) in [4.78, 5) is 11.3. The van der Waals surface area contributed by atoms with E-state index in [-0.39, 0.29) is 5.91 Å². The summed E-state index contributed by atoms with van der Waals surface area (Å²) in [5.41, 5.74) is 7.57. The second kappa shape index (κ2) is 4.97. The van der Waals surface area contributed by atoms with Crippen LogP contribution in [0.15, 0.2) is 36.4 Å². The van der Waals surface area contributed by atoms with Crippen LogP contribution in [0, 0.1) is 0 Å². The summed E-state index contributed by atoms with van der Waals surface area (Å²) in [6.45, 7) is 2.10. The second-order valence-electron chi connectivity index (χ2n) is 4.04. The summed E-state index contributed by atoms with van der Waals surface area (Å²) >= 11 is 0. The van der Waals surface area contributed by atoms with Gasteiger partial charge in [-0.25, -0.2) is 0 Å². The molecule has 0 spiro atoms. The Bertz CT molecular complexity index is 549. The van der Waals surface area contributed by atoms with Crippen molar-refractivity contribution in [1.29, 1.82) is 0 Å². The van der Waals surface area contributed by atoms with E-state index in [0.717, 1.165) is 28.4 Å². The number of nitrogens with two attached hydrogens (primary N) is 1. The molecule has 0 atom stereocenters. The fraction of sp³-hybridized carbons (Fsp3) is 0.214. The van der Waals surface area contributed by atoms with E-state index in [0.29, 0.717) is 6.54 Å². The minimum absolute atomic E-state index is 0.0559. The fourth-order valence-corrected chi connectivity index (χ4v) is 2.00. The summed E-state index contributed by atoms with van der Waals surface area (Å²) < 4.78 is 0. The number of fused-ring (bicyclic) bond motifs is 1. The summed E-state index contributed by atoms with van der Waals surface area (Å²) in [6, 6.07) is 12.1. The van der Waals surface area contributed by atoms with Crippen molar-refractivity contribution in [1.82, 2.24) is 0 Å². The molecule has 0 fully saturated rings. The van der Waals surface area contributed by atoms with Crippen LogP contribution in [-0.4, -0.2) is 12.5 Å². The molecule has 2 aromatic carbocycles. The highest BCUT2D eigenvalue weighted by Gasteiger charge is 2.07. The third-order valence-electron chi connectivity index (χ3n) is 2.73. The predicted octanol–water partition coefficient (Wildman–Crippen LogP) is 2.30. The van der Waals surface area contributed by atoms with Gasteiger partial charge < -0.3 is 11.1 Å². The van der Waals surface area contributed by atoms with Gasteiger partial charge in [-0.1, -0.05) is 36.4 Å². The van der Waals surface area contributed by atoms with Gasteiger partial charge in [0.05, 0.1) is 5.69 Å². The van der Waals surface area contributed by atoms with E-state index in [9.17, 15) is 4.79 Å². The van der Waals surface area contributed by atoms with E-state index in [1.54, 1.807) is 0 Å². The lowest BCUT2D eigenvalue weighted by Gasteiger charge is -2.12. The number of rotatable bonds is 3. The Balaban J connectivity index is 2.61. The number of carbonyl (C=O) groups excluding carboxylic acids is 1. The maximum Gasteiger partial charge on any atom is 0.221 e. The normalized spacial score (nSPS) is 10.5. The standard InChI is InChI=1S/C14H16N2O/c1-10(17)16-14-12(8-9-15)7-6-11-4-2-3-5-13(11)14/h2-7H,8-9,15H2,1H3,(H,16,17). The van der Waals surface area contributed by atoms with Crippen molar-refractivity contribution in [2.75, 3.05) is 11.9 Å². The highest BCUT2D eigenvalue weighted by atomic mass is 16.1. The molecule has 17 heavy (non-hydrogen) atoms. The molecule has 2 aromatic rings. The van der Waals surface area contributed by atoms with Gasteiger partial charge in [0, 0.05) is 12.3 Å². The van der Waals surface area contributed by atoms with Crippen molar-refractivity contribution in [3.8, 4) is 0 Å². The van der Waals surface area contributed by atoms with Gasteiger partial charge >= 0.3 is 0 Å². The zero-order valence-corrected chi connectivity index (χ0v) is 9.86. The lowest BCUT2D eigenvalue weighted by Crippen LogP contribution is -2.11. The second-order valence-corrected chi connectivity index (χ2v) is 4.04. The topological polar surface area (TPSA) is 55.1 Å². The first-order valence-electron chi connectivity index (χ1n) is 5.70. The Hall–Kier alpha value is -1.87. The third-order valence-corrected chi connectivity index (χ3v) is 2.73. The van der Waals surface area contributed by atoms with Crippen LogP contribution in [0.25, 0.3) is 10.8 Å². The van der Waals surface area contributed by atoms with Crippen molar-refractivity contribution in [3.05, 3.63) is 42.0 Å². The zero-order chi connectivity index (χ0) is 12.3. The van der Waals surface area contributed by atoms with Gasteiger partial charge in [-0.2, -0.15) is 0 Å². The fourth-order valence-electron chi connectivity index (χ4n) is 2.00. The quantitative estimate of drug-likeness (QED) is 0.847. The van der Waals surface area contributed by atoms with E-state index in [4.69, 9.17) is 5.73 Å². The molecular weight excluding hydrogens is 212 g/mol. The Morgan fingerprint density at radius 2 is 2.00 bits per heavy atom. The molecule has 0 unspecified atom stereocenters. The number of hydrogen-bond donors (Lipinski definition) is 2. The van der Waals surface area contributed by atoms with Crippen LogP contribution >= 0.6 is 0 Å². The molecule has 3 heteroatoms. The molecule has 3 nitrogen and oxygen atoms in total. The van der Waals surface area contributed by atoms with Crippen LogP contribution in [0.2, 0.25) is 0 Å². The first-order chi connectivity index (χ1) is 8.22.